The summed E-state index contributed by atoms with van der Waals surface area (Å²) in [5.41, 5.74) is 3.06. The third kappa shape index (κ3) is 6.60. The quantitative estimate of drug-likeness (QED) is 0.255. The maximum atomic E-state index is 13.3. The third-order valence-corrected chi connectivity index (χ3v) is 6.92. The highest BCUT2D eigenvalue weighted by molar-refractivity contribution is 8.04. The zero-order valence-corrected chi connectivity index (χ0v) is 22.0. The molecular formula is C28H26ClN3O4S. The van der Waals surface area contributed by atoms with Crippen LogP contribution in [0.5, 0.6) is 0 Å². The van der Waals surface area contributed by atoms with Crippen molar-refractivity contribution in [3.05, 3.63) is 99.5 Å². The molecule has 0 atom stereocenters. The molecule has 1 aliphatic rings. The average Bonchev–Trinajstić information content (AvgIpc) is 3.10. The molecule has 9 heteroatoms. The Hall–Kier alpha value is -3.59. The van der Waals surface area contributed by atoms with Gasteiger partial charge in [-0.05, 0) is 67.9 Å². The molecule has 3 amide bonds. The van der Waals surface area contributed by atoms with Crippen molar-refractivity contribution in [3.8, 4) is 0 Å². The van der Waals surface area contributed by atoms with E-state index in [0.29, 0.717) is 44.8 Å². The van der Waals surface area contributed by atoms with E-state index >= 15 is 0 Å². The highest BCUT2D eigenvalue weighted by Crippen LogP contribution is 2.37. The smallest absolute Gasteiger partial charge is 0.278 e. The van der Waals surface area contributed by atoms with E-state index in [-0.39, 0.29) is 30.0 Å². The van der Waals surface area contributed by atoms with Gasteiger partial charge in [-0.25, -0.2) is 0 Å². The van der Waals surface area contributed by atoms with E-state index in [0.717, 1.165) is 5.56 Å². The number of amides is 3. The Morgan fingerprint density at radius 3 is 2.41 bits per heavy atom. The first-order valence-electron chi connectivity index (χ1n) is 11.6. The molecule has 4 rings (SSSR count). The van der Waals surface area contributed by atoms with Gasteiger partial charge < -0.3 is 15.4 Å². The molecule has 1 heterocycles. The van der Waals surface area contributed by atoms with Gasteiger partial charge in [0.05, 0.1) is 0 Å². The number of methoxy groups -OCH3 is 1. The van der Waals surface area contributed by atoms with Crippen molar-refractivity contribution < 1.29 is 19.1 Å². The molecular weight excluding hydrogens is 510 g/mol. The molecule has 0 saturated carbocycles. The van der Waals surface area contributed by atoms with Crippen LogP contribution in [0.2, 0.25) is 5.02 Å². The number of carbonyl (C=O) groups excluding carboxylic acids is 3. The molecule has 0 aromatic heterocycles. The molecule has 0 saturated heterocycles. The molecule has 1 aliphatic heterocycles. The fraction of sp³-hybridized carbons (Fsp3) is 0.179. The Labute approximate surface area is 224 Å². The van der Waals surface area contributed by atoms with Gasteiger partial charge in [0.2, 0.25) is 0 Å². The molecule has 0 radical (unpaired) electrons. The minimum atomic E-state index is -0.378. The van der Waals surface area contributed by atoms with Crippen LogP contribution in [-0.4, -0.2) is 42.9 Å². The number of imide groups is 1. The van der Waals surface area contributed by atoms with Crippen molar-refractivity contribution in [3.63, 3.8) is 0 Å². The van der Waals surface area contributed by atoms with E-state index in [4.69, 9.17) is 16.3 Å². The molecule has 7 nitrogen and oxygen atoms in total. The maximum Gasteiger partial charge on any atom is 0.278 e. The Morgan fingerprint density at radius 2 is 1.70 bits per heavy atom. The highest BCUT2D eigenvalue weighted by Gasteiger charge is 2.38. The fourth-order valence-corrected chi connectivity index (χ4v) is 4.80. The molecule has 0 fully saturated rings. The van der Waals surface area contributed by atoms with Crippen molar-refractivity contribution in [1.29, 1.82) is 0 Å². The first kappa shape index (κ1) is 26.5. The Bertz CT molecular complexity index is 1340. The van der Waals surface area contributed by atoms with Gasteiger partial charge in [-0.1, -0.05) is 47.1 Å². The average molecular weight is 536 g/mol. The van der Waals surface area contributed by atoms with Gasteiger partial charge in [0, 0.05) is 47.1 Å². The van der Waals surface area contributed by atoms with Gasteiger partial charge in [-0.15, -0.1) is 0 Å². The molecule has 0 aliphatic carbocycles. The van der Waals surface area contributed by atoms with Gasteiger partial charge in [0.15, 0.2) is 0 Å². The van der Waals surface area contributed by atoms with Crippen molar-refractivity contribution in [1.82, 2.24) is 4.90 Å². The molecule has 37 heavy (non-hydrogen) atoms. The minimum absolute atomic E-state index is 0.229. The number of ether oxygens (including phenoxy) is 1. The number of benzene rings is 3. The molecule has 3 aromatic rings. The summed E-state index contributed by atoms with van der Waals surface area (Å²) >= 11 is 7.09. The van der Waals surface area contributed by atoms with Crippen LogP contribution in [0, 0.1) is 6.92 Å². The van der Waals surface area contributed by atoms with Gasteiger partial charge >= 0.3 is 0 Å². The number of hydrogen-bond donors (Lipinski definition) is 2. The van der Waals surface area contributed by atoms with E-state index < -0.39 is 0 Å². The fourth-order valence-electron chi connectivity index (χ4n) is 3.67. The summed E-state index contributed by atoms with van der Waals surface area (Å²) in [5.74, 6) is -1.02. The number of carbonyl (C=O) groups is 3. The number of anilines is 2. The lowest BCUT2D eigenvalue weighted by Crippen LogP contribution is -2.33. The molecule has 0 bridgehead atoms. The zero-order chi connectivity index (χ0) is 26.4. The predicted octanol–water partition coefficient (Wildman–Crippen LogP) is 5.72. The Morgan fingerprint density at radius 1 is 0.973 bits per heavy atom. The van der Waals surface area contributed by atoms with Crippen molar-refractivity contribution in [2.45, 2.75) is 18.2 Å². The van der Waals surface area contributed by atoms with Crippen LogP contribution < -0.4 is 10.6 Å². The topological polar surface area (TPSA) is 87.7 Å². The number of halogens is 1. The molecule has 3 aromatic carbocycles. The van der Waals surface area contributed by atoms with Crippen LogP contribution >= 0.6 is 23.4 Å². The number of rotatable bonds is 10. The summed E-state index contributed by atoms with van der Waals surface area (Å²) in [5, 5.41) is 6.55. The van der Waals surface area contributed by atoms with Crippen LogP contribution in [-0.2, 0) is 14.3 Å². The van der Waals surface area contributed by atoms with Crippen LogP contribution in [0.4, 0.5) is 11.4 Å². The van der Waals surface area contributed by atoms with Crippen LogP contribution in [0.3, 0.4) is 0 Å². The Kier molecular flexibility index (Phi) is 8.66. The number of nitrogens with zero attached hydrogens (tertiary/aromatic N) is 1. The summed E-state index contributed by atoms with van der Waals surface area (Å²) in [6, 6.07) is 21.3. The van der Waals surface area contributed by atoms with Crippen molar-refractivity contribution in [2.75, 3.05) is 30.9 Å². The summed E-state index contributed by atoms with van der Waals surface area (Å²) in [6.45, 7) is 2.67. The minimum Gasteiger partial charge on any atom is -0.385 e. The van der Waals surface area contributed by atoms with E-state index in [2.05, 4.69) is 10.6 Å². The third-order valence-electron chi connectivity index (χ3n) is 5.59. The van der Waals surface area contributed by atoms with E-state index in [9.17, 15) is 14.4 Å². The largest absolute Gasteiger partial charge is 0.385 e. The SMILES string of the molecule is COCCCN1C(=O)C(Nc2ccc(C)cc2)=C(Sc2cccc(NC(=O)c3ccc(Cl)cc3)c2)C1=O. The van der Waals surface area contributed by atoms with E-state index in [1.807, 2.05) is 37.3 Å². The second-order valence-electron chi connectivity index (χ2n) is 8.39. The lowest BCUT2D eigenvalue weighted by Gasteiger charge is -2.14. The number of hydrogen-bond acceptors (Lipinski definition) is 6. The van der Waals surface area contributed by atoms with Crippen molar-refractivity contribution >= 4 is 52.5 Å². The molecule has 0 unspecified atom stereocenters. The monoisotopic (exact) mass is 535 g/mol. The zero-order valence-electron chi connectivity index (χ0n) is 20.4. The lowest BCUT2D eigenvalue weighted by molar-refractivity contribution is -0.137. The van der Waals surface area contributed by atoms with E-state index in [1.165, 1.54) is 16.7 Å². The highest BCUT2D eigenvalue weighted by atomic mass is 35.5. The van der Waals surface area contributed by atoms with Crippen LogP contribution in [0.15, 0.2) is 88.3 Å². The van der Waals surface area contributed by atoms with E-state index in [1.54, 1.807) is 49.6 Å². The number of nitrogens with one attached hydrogen (secondary N) is 2. The van der Waals surface area contributed by atoms with Gasteiger partial charge in [-0.3, -0.25) is 19.3 Å². The summed E-state index contributed by atoms with van der Waals surface area (Å²) in [4.78, 5) is 41.4. The van der Waals surface area contributed by atoms with Gasteiger partial charge in [0.25, 0.3) is 17.7 Å². The normalized spacial score (nSPS) is 13.3. The first-order chi connectivity index (χ1) is 17.9. The number of thioether (sulfide) groups is 1. The molecule has 190 valence electrons. The molecule has 0 spiro atoms. The molecule has 2 N–H and O–H groups in total. The lowest BCUT2D eigenvalue weighted by atomic mass is 10.2. The summed E-state index contributed by atoms with van der Waals surface area (Å²) in [7, 11) is 1.58. The number of aryl methyl sites for hydroxylation is 1. The maximum absolute atomic E-state index is 13.3. The standard InChI is InChI=1S/C28H26ClN3O4S/c1-18-7-13-21(14-8-18)30-24-25(28(35)32(27(24)34)15-4-16-36-2)37-23-6-3-5-22(17-23)31-26(33)19-9-11-20(29)12-10-19/h3,5-14,17,30H,4,15-16H2,1-2H3,(H,31,33). The second kappa shape index (κ2) is 12.1. The summed E-state index contributed by atoms with van der Waals surface area (Å²) in [6.07, 6.45) is 0.538. The van der Waals surface area contributed by atoms with Gasteiger partial charge in [0.1, 0.15) is 10.6 Å². The second-order valence-corrected chi connectivity index (χ2v) is 9.91. The predicted molar refractivity (Wildman–Crippen MR) is 147 cm³/mol. The Balaban J connectivity index is 1.57. The first-order valence-corrected chi connectivity index (χ1v) is 12.8. The van der Waals surface area contributed by atoms with Crippen LogP contribution in [0.25, 0.3) is 0 Å². The summed E-state index contributed by atoms with van der Waals surface area (Å²) < 4.78 is 5.09. The van der Waals surface area contributed by atoms with Crippen LogP contribution in [0.1, 0.15) is 22.3 Å². The van der Waals surface area contributed by atoms with Crippen molar-refractivity contribution in [2.24, 2.45) is 0 Å². The van der Waals surface area contributed by atoms with Gasteiger partial charge in [-0.2, -0.15) is 0 Å².